The Morgan fingerprint density at radius 1 is 1.62 bits per heavy atom. The molecule has 0 heterocycles. The molecule has 0 aromatic carbocycles. The second-order valence-corrected chi connectivity index (χ2v) is 2.56. The van der Waals surface area contributed by atoms with Gasteiger partial charge in [-0.05, 0) is 0 Å². The van der Waals surface area contributed by atoms with Crippen LogP contribution in [0, 0.1) is 5.92 Å². The molecule has 1 heteroatoms. The van der Waals surface area contributed by atoms with E-state index in [9.17, 15) is 0 Å². The van der Waals surface area contributed by atoms with E-state index in [1.54, 1.807) is 13.0 Å². The van der Waals surface area contributed by atoms with Crippen molar-refractivity contribution in [2.45, 2.75) is 32.3 Å². The highest BCUT2D eigenvalue weighted by molar-refractivity contribution is 4.94. The van der Waals surface area contributed by atoms with Crippen LogP contribution in [0.5, 0.6) is 0 Å². The lowest BCUT2D eigenvalue weighted by Crippen LogP contribution is -2.02. The Kier molecular flexibility index (Phi) is 1.90. The van der Waals surface area contributed by atoms with Crippen LogP contribution in [0.15, 0.2) is 0 Å². The predicted molar refractivity (Wildman–Crippen MR) is 33.6 cm³/mol. The summed E-state index contributed by atoms with van der Waals surface area (Å²) in [5.41, 5.74) is 0. The van der Waals surface area contributed by atoms with Crippen LogP contribution in [0.25, 0.3) is 0 Å². The van der Waals surface area contributed by atoms with Crippen molar-refractivity contribution in [1.82, 2.24) is 0 Å². The van der Waals surface area contributed by atoms with E-state index in [4.69, 9.17) is 4.74 Å². The van der Waals surface area contributed by atoms with E-state index in [-0.39, 0.29) is 0 Å². The van der Waals surface area contributed by atoms with Gasteiger partial charge >= 0.3 is 0 Å². The van der Waals surface area contributed by atoms with Crippen molar-refractivity contribution in [3.63, 3.8) is 0 Å². The maximum Gasteiger partial charge on any atom is 0.0357 e. The molecule has 1 rings (SSSR count). The first-order valence-electron chi connectivity index (χ1n) is 3.17. The lowest BCUT2D eigenvalue weighted by molar-refractivity contribution is 0.110. The molecule has 0 aromatic heterocycles. The summed E-state index contributed by atoms with van der Waals surface area (Å²) in [5.74, 6) is 1.59. The molecule has 8 heavy (non-hydrogen) atoms. The molecular formula is C7H13O-. The Morgan fingerprint density at radius 3 is 2.62 bits per heavy atom. The Bertz CT molecular complexity index is 70.8. The van der Waals surface area contributed by atoms with Crippen LogP contribution in [0.1, 0.15) is 26.2 Å². The molecule has 48 valence electrons. The molecule has 1 aliphatic rings. The van der Waals surface area contributed by atoms with Gasteiger partial charge in [-0.25, -0.2) is 0 Å². The van der Waals surface area contributed by atoms with Gasteiger partial charge in [0.2, 0.25) is 0 Å². The monoisotopic (exact) mass is 113 g/mol. The maximum atomic E-state index is 5.16. The van der Waals surface area contributed by atoms with Gasteiger partial charge in [0.25, 0.3) is 0 Å². The molecule has 1 fully saturated rings. The zero-order valence-electron chi connectivity index (χ0n) is 5.61. The lowest BCUT2D eigenvalue weighted by Gasteiger charge is -2.13. The van der Waals surface area contributed by atoms with Gasteiger partial charge in [0.05, 0.1) is 0 Å². The standard InChI is InChI=1S/C7H13O/c1-6-3-4-7(5-6)8-2/h7H,3-5H2,1-2H3/q-1. The molecule has 0 aliphatic heterocycles. The van der Waals surface area contributed by atoms with Crippen LogP contribution in [0.3, 0.4) is 0 Å². The van der Waals surface area contributed by atoms with Crippen molar-refractivity contribution >= 4 is 0 Å². The van der Waals surface area contributed by atoms with Crippen molar-refractivity contribution in [2.75, 3.05) is 7.11 Å². The van der Waals surface area contributed by atoms with E-state index < -0.39 is 0 Å². The van der Waals surface area contributed by atoms with Gasteiger partial charge in [0.15, 0.2) is 0 Å². The molecular weight excluding hydrogens is 100 g/mol. The maximum absolute atomic E-state index is 5.16. The van der Waals surface area contributed by atoms with Crippen LogP contribution < -0.4 is 0 Å². The summed E-state index contributed by atoms with van der Waals surface area (Å²) >= 11 is 0. The van der Waals surface area contributed by atoms with Crippen molar-refractivity contribution in [1.29, 1.82) is 0 Å². The van der Waals surface area contributed by atoms with Crippen molar-refractivity contribution in [3.8, 4) is 0 Å². The van der Waals surface area contributed by atoms with Crippen molar-refractivity contribution in [3.05, 3.63) is 5.92 Å². The van der Waals surface area contributed by atoms with Gasteiger partial charge in [-0.2, -0.15) is 19.8 Å². The predicted octanol–water partition coefficient (Wildman–Crippen LogP) is 1.78. The molecule has 0 N–H and O–H groups in total. The minimum absolute atomic E-state index is 0.537. The Morgan fingerprint density at radius 2 is 2.38 bits per heavy atom. The fourth-order valence-corrected chi connectivity index (χ4v) is 1.20. The number of methoxy groups -OCH3 is 1. The third kappa shape index (κ3) is 1.22. The third-order valence-corrected chi connectivity index (χ3v) is 1.80. The Balaban J connectivity index is 2.22. The summed E-state index contributed by atoms with van der Waals surface area (Å²) in [6, 6.07) is 0. The quantitative estimate of drug-likeness (QED) is 0.471. The second kappa shape index (κ2) is 2.49. The molecule has 1 saturated carbocycles. The topological polar surface area (TPSA) is 9.23 Å². The number of ether oxygens (including phenoxy) is 1. The summed E-state index contributed by atoms with van der Waals surface area (Å²) in [4.78, 5) is 0. The smallest absolute Gasteiger partial charge is 0.0357 e. The summed E-state index contributed by atoms with van der Waals surface area (Å²) in [7, 11) is 1.79. The van der Waals surface area contributed by atoms with E-state index >= 15 is 0 Å². The Hall–Kier alpha value is -0.0400. The molecule has 0 radical (unpaired) electrons. The van der Waals surface area contributed by atoms with E-state index in [0.29, 0.717) is 6.10 Å². The number of hydrogen-bond acceptors (Lipinski definition) is 1. The van der Waals surface area contributed by atoms with Gasteiger partial charge in [-0.3, -0.25) is 0 Å². The van der Waals surface area contributed by atoms with Crippen LogP contribution >= 0.6 is 0 Å². The van der Waals surface area contributed by atoms with Crippen molar-refractivity contribution in [2.24, 2.45) is 0 Å². The van der Waals surface area contributed by atoms with E-state index in [1.165, 1.54) is 19.3 Å². The minimum atomic E-state index is 0.537. The molecule has 1 nitrogen and oxygen atoms in total. The fourth-order valence-electron chi connectivity index (χ4n) is 1.20. The van der Waals surface area contributed by atoms with Gasteiger partial charge in [-0.1, -0.05) is 6.42 Å². The molecule has 0 amide bonds. The van der Waals surface area contributed by atoms with Crippen LogP contribution in [0.2, 0.25) is 0 Å². The average Bonchev–Trinajstić information content (AvgIpc) is 2.14. The van der Waals surface area contributed by atoms with Gasteiger partial charge in [0.1, 0.15) is 0 Å². The highest BCUT2D eigenvalue weighted by Gasteiger charge is 2.09. The zero-order chi connectivity index (χ0) is 5.98. The molecule has 0 spiro atoms. The van der Waals surface area contributed by atoms with Crippen LogP contribution in [-0.4, -0.2) is 13.2 Å². The Labute approximate surface area is 51.0 Å². The molecule has 0 aromatic rings. The third-order valence-electron chi connectivity index (χ3n) is 1.80. The SMILES string of the molecule is COC1CC[C-](C)C1. The van der Waals surface area contributed by atoms with Gasteiger partial charge < -0.3 is 10.7 Å². The first-order valence-corrected chi connectivity index (χ1v) is 3.17. The molecule has 0 bridgehead atoms. The summed E-state index contributed by atoms with van der Waals surface area (Å²) in [5, 5.41) is 0. The van der Waals surface area contributed by atoms with Crippen LogP contribution in [0.4, 0.5) is 0 Å². The highest BCUT2D eigenvalue weighted by atomic mass is 16.5. The van der Waals surface area contributed by atoms with Crippen LogP contribution in [-0.2, 0) is 4.74 Å². The molecule has 1 unspecified atom stereocenters. The van der Waals surface area contributed by atoms with E-state index in [1.807, 2.05) is 0 Å². The zero-order valence-corrected chi connectivity index (χ0v) is 5.61. The van der Waals surface area contributed by atoms with Gasteiger partial charge in [0, 0.05) is 13.2 Å². The largest absolute Gasteiger partial charge is 0.384 e. The van der Waals surface area contributed by atoms with E-state index in [2.05, 4.69) is 6.92 Å². The number of hydrogen-bond donors (Lipinski definition) is 0. The first-order chi connectivity index (χ1) is 3.83. The highest BCUT2D eigenvalue weighted by Crippen LogP contribution is 2.27. The number of rotatable bonds is 1. The molecule has 1 atom stereocenters. The summed E-state index contributed by atoms with van der Waals surface area (Å²) in [6.45, 7) is 2.21. The lowest BCUT2D eigenvalue weighted by atomic mass is 10.1. The summed E-state index contributed by atoms with van der Waals surface area (Å²) in [6.07, 6.45) is 4.24. The average molecular weight is 113 g/mol. The van der Waals surface area contributed by atoms with Crippen molar-refractivity contribution < 1.29 is 4.74 Å². The summed E-state index contributed by atoms with van der Waals surface area (Å²) < 4.78 is 5.16. The molecule has 1 aliphatic carbocycles. The molecule has 0 saturated heterocycles. The fraction of sp³-hybridized carbons (Fsp3) is 0.857. The van der Waals surface area contributed by atoms with Gasteiger partial charge in [-0.15, -0.1) is 0 Å². The minimum Gasteiger partial charge on any atom is -0.384 e. The normalized spacial score (nSPS) is 31.5. The first kappa shape index (κ1) is 6.09. The second-order valence-electron chi connectivity index (χ2n) is 2.56. The van der Waals surface area contributed by atoms with E-state index in [0.717, 1.165) is 0 Å².